The second kappa shape index (κ2) is 7.91. The van der Waals surface area contributed by atoms with Crippen LogP contribution in [0.5, 0.6) is 0 Å². The van der Waals surface area contributed by atoms with Crippen molar-refractivity contribution in [3.8, 4) is 0 Å². The average molecular weight is 399 g/mol. The molecule has 0 radical (unpaired) electrons. The molecule has 2 N–H and O–H groups in total. The lowest BCUT2D eigenvalue weighted by atomic mass is 9.88. The number of carbonyl (C=O) groups is 2. The maximum Gasteiger partial charge on any atom is 0.250 e. The Kier molecular flexibility index (Phi) is 5.32. The van der Waals surface area contributed by atoms with Crippen molar-refractivity contribution in [3.05, 3.63) is 65.2 Å². The Hall–Kier alpha value is -2.80. The molecule has 0 spiro atoms. The third kappa shape index (κ3) is 3.74. The minimum absolute atomic E-state index is 0.0914. The van der Waals surface area contributed by atoms with Crippen molar-refractivity contribution in [1.29, 1.82) is 0 Å². The van der Waals surface area contributed by atoms with Gasteiger partial charge in [0, 0.05) is 19.2 Å². The first-order valence-electron chi connectivity index (χ1n) is 9.71. The van der Waals surface area contributed by atoms with Crippen LogP contribution < -0.4 is 15.5 Å². The van der Waals surface area contributed by atoms with Crippen LogP contribution in [0.15, 0.2) is 48.5 Å². The Bertz CT molecular complexity index is 934. The molecule has 1 aliphatic heterocycles. The van der Waals surface area contributed by atoms with E-state index in [2.05, 4.69) is 10.6 Å². The monoisotopic (exact) mass is 399 g/mol. The van der Waals surface area contributed by atoms with Gasteiger partial charge in [-0.2, -0.15) is 0 Å². The fourth-order valence-electron chi connectivity index (χ4n) is 4.36. The highest BCUT2D eigenvalue weighted by Gasteiger charge is 2.38. The van der Waals surface area contributed by atoms with Crippen molar-refractivity contribution in [2.24, 2.45) is 0 Å². The van der Waals surface area contributed by atoms with E-state index in [9.17, 15) is 18.4 Å². The van der Waals surface area contributed by atoms with Crippen molar-refractivity contribution < 1.29 is 18.4 Å². The largest absolute Gasteiger partial charge is 0.351 e. The molecule has 2 aromatic carbocycles. The fourth-order valence-corrected chi connectivity index (χ4v) is 4.36. The molecule has 0 aromatic heterocycles. The SMILES string of the molecule is CN1C(=O)C[C@H](C(=O)N[C@H]2Cc3ccccc3C2NCC(F)F)c2ccccc21. The van der Waals surface area contributed by atoms with Crippen LogP contribution in [0.4, 0.5) is 14.5 Å². The number of nitrogens with one attached hydrogen (secondary N) is 2. The van der Waals surface area contributed by atoms with Gasteiger partial charge in [0.15, 0.2) is 0 Å². The van der Waals surface area contributed by atoms with Crippen LogP contribution >= 0.6 is 0 Å². The number of alkyl halides is 2. The molecule has 3 atom stereocenters. The zero-order valence-electron chi connectivity index (χ0n) is 16.1. The Morgan fingerprint density at radius 1 is 1.10 bits per heavy atom. The quantitative estimate of drug-likeness (QED) is 0.813. The molecule has 0 saturated heterocycles. The molecule has 4 rings (SSSR count). The van der Waals surface area contributed by atoms with Crippen LogP contribution in [0.2, 0.25) is 0 Å². The molecule has 0 bridgehead atoms. The number of benzene rings is 2. The number of halogens is 2. The van der Waals surface area contributed by atoms with Crippen LogP contribution in [-0.4, -0.2) is 37.9 Å². The van der Waals surface area contributed by atoms with Gasteiger partial charge in [0.05, 0.1) is 24.5 Å². The van der Waals surface area contributed by atoms with E-state index in [0.29, 0.717) is 6.42 Å². The maximum absolute atomic E-state index is 13.1. The first-order chi connectivity index (χ1) is 14.0. The first-order valence-corrected chi connectivity index (χ1v) is 9.71. The van der Waals surface area contributed by atoms with Gasteiger partial charge < -0.3 is 15.5 Å². The smallest absolute Gasteiger partial charge is 0.250 e. The van der Waals surface area contributed by atoms with Crippen LogP contribution in [0.3, 0.4) is 0 Å². The summed E-state index contributed by atoms with van der Waals surface area (Å²) in [4.78, 5) is 27.1. The molecule has 29 heavy (non-hydrogen) atoms. The molecule has 2 aliphatic rings. The molecule has 0 saturated carbocycles. The lowest BCUT2D eigenvalue weighted by Crippen LogP contribution is -2.47. The first kappa shape index (κ1) is 19.5. The van der Waals surface area contributed by atoms with Gasteiger partial charge in [-0.3, -0.25) is 9.59 Å². The number of hydrogen-bond donors (Lipinski definition) is 2. The fraction of sp³-hybridized carbons (Fsp3) is 0.364. The van der Waals surface area contributed by atoms with Crippen LogP contribution in [0, 0.1) is 0 Å². The number of amides is 2. The summed E-state index contributed by atoms with van der Waals surface area (Å²) >= 11 is 0. The minimum atomic E-state index is -2.47. The Balaban J connectivity index is 1.56. The topological polar surface area (TPSA) is 61.4 Å². The zero-order chi connectivity index (χ0) is 20.5. The van der Waals surface area contributed by atoms with Gasteiger partial charge in [0.25, 0.3) is 6.43 Å². The summed E-state index contributed by atoms with van der Waals surface area (Å²) in [5.74, 6) is -0.958. The molecule has 2 amide bonds. The highest BCUT2D eigenvalue weighted by atomic mass is 19.3. The predicted octanol–water partition coefficient (Wildman–Crippen LogP) is 2.77. The molecule has 5 nitrogen and oxygen atoms in total. The maximum atomic E-state index is 13.1. The highest BCUT2D eigenvalue weighted by Crippen LogP contribution is 2.36. The van der Waals surface area contributed by atoms with Gasteiger partial charge in [-0.25, -0.2) is 8.78 Å². The molecule has 152 valence electrons. The summed E-state index contributed by atoms with van der Waals surface area (Å²) < 4.78 is 25.6. The van der Waals surface area contributed by atoms with Crippen molar-refractivity contribution in [2.45, 2.75) is 37.3 Å². The van der Waals surface area contributed by atoms with Crippen LogP contribution in [0.25, 0.3) is 0 Å². The highest BCUT2D eigenvalue weighted by molar-refractivity contribution is 6.02. The molecular formula is C22H23F2N3O2. The van der Waals surface area contributed by atoms with Gasteiger partial charge in [0.2, 0.25) is 11.8 Å². The summed E-state index contributed by atoms with van der Waals surface area (Å²) in [7, 11) is 1.70. The Morgan fingerprint density at radius 3 is 2.55 bits per heavy atom. The number of nitrogens with zero attached hydrogens (tertiary/aromatic N) is 1. The lowest BCUT2D eigenvalue weighted by molar-refractivity contribution is -0.127. The van der Waals surface area contributed by atoms with Gasteiger partial charge in [-0.05, 0) is 29.2 Å². The van der Waals surface area contributed by atoms with Gasteiger partial charge >= 0.3 is 0 Å². The Labute approximate surface area is 168 Å². The van der Waals surface area contributed by atoms with E-state index in [1.165, 1.54) is 0 Å². The number of hydrogen-bond acceptors (Lipinski definition) is 3. The summed E-state index contributed by atoms with van der Waals surface area (Å²) in [5, 5.41) is 5.92. The second-order valence-electron chi connectivity index (χ2n) is 7.56. The number of fused-ring (bicyclic) bond motifs is 2. The molecule has 1 unspecified atom stereocenters. The molecule has 2 aromatic rings. The third-order valence-electron chi connectivity index (χ3n) is 5.79. The number of anilines is 1. The van der Waals surface area contributed by atoms with Crippen molar-refractivity contribution >= 4 is 17.5 Å². The van der Waals surface area contributed by atoms with E-state index in [1.807, 2.05) is 48.5 Å². The summed E-state index contributed by atoms with van der Waals surface area (Å²) in [6, 6.07) is 14.3. The molecule has 0 fully saturated rings. The zero-order valence-corrected chi connectivity index (χ0v) is 16.1. The van der Waals surface area contributed by atoms with E-state index in [-0.39, 0.29) is 30.3 Å². The molecule has 7 heteroatoms. The average Bonchev–Trinajstić information content (AvgIpc) is 3.06. The number of rotatable bonds is 5. The summed E-state index contributed by atoms with van der Waals surface area (Å²) in [6.45, 7) is -0.444. The lowest BCUT2D eigenvalue weighted by Gasteiger charge is -2.32. The standard InChI is InChI=1S/C22H23F2N3O2/c1-27-18-9-5-4-8-15(18)16(11-20(27)28)22(29)26-17-10-13-6-2-3-7-14(13)21(17)25-12-19(23)24/h2-9,16-17,19,21,25H,10-12H2,1H3,(H,26,29)/t16-,17-,21?/m0/s1. The van der Waals surface area contributed by atoms with E-state index in [1.54, 1.807) is 11.9 Å². The Morgan fingerprint density at radius 2 is 1.79 bits per heavy atom. The molecule has 1 heterocycles. The van der Waals surface area contributed by atoms with Crippen LogP contribution in [-0.2, 0) is 16.0 Å². The third-order valence-corrected chi connectivity index (χ3v) is 5.79. The second-order valence-corrected chi connectivity index (χ2v) is 7.56. The van der Waals surface area contributed by atoms with E-state index >= 15 is 0 Å². The van der Waals surface area contributed by atoms with Crippen LogP contribution in [0.1, 0.15) is 35.1 Å². The van der Waals surface area contributed by atoms with Crippen molar-refractivity contribution in [3.63, 3.8) is 0 Å². The van der Waals surface area contributed by atoms with Gasteiger partial charge in [0.1, 0.15) is 0 Å². The molecule has 1 aliphatic carbocycles. The van der Waals surface area contributed by atoms with Gasteiger partial charge in [-0.1, -0.05) is 42.5 Å². The number of carbonyl (C=O) groups excluding carboxylic acids is 2. The van der Waals surface area contributed by atoms with Crippen molar-refractivity contribution in [2.75, 3.05) is 18.5 Å². The predicted molar refractivity (Wildman–Crippen MR) is 106 cm³/mol. The minimum Gasteiger partial charge on any atom is -0.351 e. The summed E-state index contributed by atoms with van der Waals surface area (Å²) in [6.07, 6.45) is -1.82. The normalized spacial score (nSPS) is 23.1. The van der Waals surface area contributed by atoms with Crippen molar-refractivity contribution in [1.82, 2.24) is 10.6 Å². The van der Waals surface area contributed by atoms with E-state index < -0.39 is 18.9 Å². The van der Waals surface area contributed by atoms with Gasteiger partial charge in [-0.15, -0.1) is 0 Å². The van der Waals surface area contributed by atoms with E-state index in [0.717, 1.165) is 22.4 Å². The van der Waals surface area contributed by atoms with E-state index in [4.69, 9.17) is 0 Å². The molecular weight excluding hydrogens is 376 g/mol. The number of para-hydroxylation sites is 1. The summed E-state index contributed by atoms with van der Waals surface area (Å²) in [5.41, 5.74) is 3.49.